The van der Waals surface area contributed by atoms with Crippen LogP contribution in [0.15, 0.2) is 39.8 Å². The van der Waals surface area contributed by atoms with E-state index < -0.39 is 0 Å². The quantitative estimate of drug-likeness (QED) is 0.436. The van der Waals surface area contributed by atoms with Gasteiger partial charge in [0, 0.05) is 25.1 Å². The second-order valence-corrected chi connectivity index (χ2v) is 7.43. The summed E-state index contributed by atoms with van der Waals surface area (Å²) < 4.78 is 5.50. The van der Waals surface area contributed by atoms with Gasteiger partial charge in [-0.05, 0) is 44.5 Å². The second-order valence-electron chi connectivity index (χ2n) is 7.43. The molecule has 0 saturated heterocycles. The molecule has 6 nitrogen and oxygen atoms in total. The van der Waals surface area contributed by atoms with Crippen LogP contribution in [0.2, 0.25) is 0 Å². The molecule has 1 heterocycles. The fraction of sp³-hybridized carbons (Fsp3) is 0.565. The van der Waals surface area contributed by atoms with E-state index in [0.717, 1.165) is 49.9 Å². The van der Waals surface area contributed by atoms with E-state index in [-0.39, 0.29) is 0 Å². The first-order chi connectivity index (χ1) is 14.1. The first-order valence-corrected chi connectivity index (χ1v) is 10.8. The number of rotatable bonds is 11. The first kappa shape index (κ1) is 22.9. The highest BCUT2D eigenvalue weighted by molar-refractivity contribution is 5.79. The van der Waals surface area contributed by atoms with Crippen LogP contribution in [-0.2, 0) is 19.6 Å². The van der Waals surface area contributed by atoms with E-state index in [2.05, 4.69) is 85.8 Å². The van der Waals surface area contributed by atoms with Gasteiger partial charge < -0.3 is 20.1 Å². The number of nitrogens with one attached hydrogen (secondary N) is 2. The summed E-state index contributed by atoms with van der Waals surface area (Å²) in [7, 11) is 2.14. The molecule has 0 aliphatic carbocycles. The molecule has 0 aliphatic rings. The van der Waals surface area contributed by atoms with Gasteiger partial charge in [-0.2, -0.15) is 0 Å². The van der Waals surface area contributed by atoms with Gasteiger partial charge in [0.15, 0.2) is 11.7 Å². The second kappa shape index (κ2) is 12.3. The van der Waals surface area contributed by atoms with Gasteiger partial charge in [0.05, 0.1) is 18.8 Å². The highest BCUT2D eigenvalue weighted by atomic mass is 16.5. The lowest BCUT2D eigenvalue weighted by Gasteiger charge is -2.14. The minimum absolute atomic E-state index is 0.466. The third kappa shape index (κ3) is 7.54. The fourth-order valence-corrected chi connectivity index (χ4v) is 3.24. The highest BCUT2D eigenvalue weighted by Crippen LogP contribution is 2.22. The molecular weight excluding hydrogens is 362 g/mol. The van der Waals surface area contributed by atoms with Crippen LogP contribution in [-0.4, -0.2) is 36.2 Å². The predicted molar refractivity (Wildman–Crippen MR) is 120 cm³/mol. The van der Waals surface area contributed by atoms with Crippen LogP contribution < -0.4 is 10.6 Å². The molecule has 160 valence electrons. The number of hydrogen-bond acceptors (Lipinski definition) is 4. The van der Waals surface area contributed by atoms with Crippen LogP contribution in [0.4, 0.5) is 0 Å². The molecule has 0 spiro atoms. The molecule has 0 amide bonds. The number of guanidine groups is 1. The zero-order valence-electron chi connectivity index (χ0n) is 18.7. The molecule has 1 aromatic heterocycles. The molecule has 0 atom stereocenters. The Morgan fingerprint density at radius 1 is 1.10 bits per heavy atom. The number of benzene rings is 1. The van der Waals surface area contributed by atoms with E-state index in [0.29, 0.717) is 19.0 Å². The van der Waals surface area contributed by atoms with Crippen molar-refractivity contribution in [2.45, 2.75) is 66.1 Å². The molecule has 0 saturated carbocycles. The summed E-state index contributed by atoms with van der Waals surface area (Å²) in [5.74, 6) is 2.08. The van der Waals surface area contributed by atoms with Crippen LogP contribution in [0.25, 0.3) is 0 Å². The summed E-state index contributed by atoms with van der Waals surface area (Å²) in [5, 5.41) is 10.9. The van der Waals surface area contributed by atoms with Crippen molar-refractivity contribution in [3.63, 3.8) is 0 Å². The molecule has 6 heteroatoms. The Labute approximate surface area is 175 Å². The van der Waals surface area contributed by atoms with E-state index in [4.69, 9.17) is 9.52 Å². The van der Waals surface area contributed by atoms with Crippen LogP contribution in [0, 0.1) is 0 Å². The minimum Gasteiger partial charge on any atom is -0.359 e. The van der Waals surface area contributed by atoms with Gasteiger partial charge in [-0.1, -0.05) is 50.2 Å². The monoisotopic (exact) mass is 399 g/mol. The topological polar surface area (TPSA) is 65.7 Å². The molecule has 2 aromatic rings. The molecule has 0 radical (unpaired) electrons. The predicted octanol–water partition coefficient (Wildman–Crippen LogP) is 4.29. The number of aliphatic imine (C=N–C) groups is 1. The Morgan fingerprint density at radius 2 is 1.86 bits per heavy atom. The Balaban J connectivity index is 1.97. The van der Waals surface area contributed by atoms with E-state index in [1.165, 1.54) is 11.1 Å². The van der Waals surface area contributed by atoms with Crippen molar-refractivity contribution in [1.29, 1.82) is 0 Å². The van der Waals surface area contributed by atoms with Crippen molar-refractivity contribution in [1.82, 2.24) is 20.7 Å². The SMILES string of the molecule is CCNC(=NCc1cccc(CN(C)CC)c1)NCc1cc(C(CC)CC)no1. The number of hydrogen-bond donors (Lipinski definition) is 2. The summed E-state index contributed by atoms with van der Waals surface area (Å²) >= 11 is 0. The Hall–Kier alpha value is -2.34. The Bertz CT molecular complexity index is 751. The van der Waals surface area contributed by atoms with Gasteiger partial charge in [-0.15, -0.1) is 0 Å². The fourth-order valence-electron chi connectivity index (χ4n) is 3.24. The molecule has 29 heavy (non-hydrogen) atoms. The van der Waals surface area contributed by atoms with Crippen LogP contribution in [0.1, 0.15) is 69.0 Å². The van der Waals surface area contributed by atoms with Gasteiger partial charge in [0.25, 0.3) is 0 Å². The third-order valence-electron chi connectivity index (χ3n) is 5.16. The largest absolute Gasteiger partial charge is 0.359 e. The maximum atomic E-state index is 5.50. The van der Waals surface area contributed by atoms with Crippen LogP contribution in [0.3, 0.4) is 0 Å². The average molecular weight is 400 g/mol. The molecule has 2 N–H and O–H groups in total. The molecular formula is C23H37N5O. The average Bonchev–Trinajstić information content (AvgIpc) is 3.20. The smallest absolute Gasteiger partial charge is 0.191 e. The van der Waals surface area contributed by atoms with Gasteiger partial charge in [-0.25, -0.2) is 4.99 Å². The molecule has 0 fully saturated rings. The molecule has 1 aromatic carbocycles. The molecule has 0 bridgehead atoms. The maximum absolute atomic E-state index is 5.50. The van der Waals surface area contributed by atoms with Crippen molar-refractivity contribution in [2.24, 2.45) is 4.99 Å². The normalized spacial score (nSPS) is 12.0. The van der Waals surface area contributed by atoms with Crippen molar-refractivity contribution >= 4 is 5.96 Å². The lowest BCUT2D eigenvalue weighted by Crippen LogP contribution is -2.36. The number of nitrogens with zero attached hydrogens (tertiary/aromatic N) is 3. The molecule has 0 unspecified atom stereocenters. The lowest BCUT2D eigenvalue weighted by molar-refractivity contribution is 0.345. The molecule has 2 rings (SSSR count). The van der Waals surface area contributed by atoms with E-state index >= 15 is 0 Å². The lowest BCUT2D eigenvalue weighted by atomic mass is 9.99. The first-order valence-electron chi connectivity index (χ1n) is 10.8. The Morgan fingerprint density at radius 3 is 2.55 bits per heavy atom. The zero-order valence-corrected chi connectivity index (χ0v) is 18.7. The maximum Gasteiger partial charge on any atom is 0.191 e. The van der Waals surface area contributed by atoms with Crippen LogP contribution in [0.5, 0.6) is 0 Å². The van der Waals surface area contributed by atoms with Gasteiger partial charge in [-0.3, -0.25) is 0 Å². The highest BCUT2D eigenvalue weighted by Gasteiger charge is 2.13. The molecule has 0 aliphatic heterocycles. The van der Waals surface area contributed by atoms with E-state index in [1.54, 1.807) is 0 Å². The van der Waals surface area contributed by atoms with Crippen molar-refractivity contribution in [2.75, 3.05) is 20.1 Å². The Kier molecular flexibility index (Phi) is 9.71. The standard InChI is InChI=1S/C23H37N5O/c1-6-20(7-2)22-14-21(29-27-22)16-26-23(24-8-3)25-15-18-11-10-12-19(13-18)17-28(5)9-4/h10-14,20H,6-9,15-17H2,1-5H3,(H2,24,25,26). The third-order valence-corrected chi connectivity index (χ3v) is 5.16. The van der Waals surface area contributed by atoms with E-state index in [9.17, 15) is 0 Å². The summed E-state index contributed by atoms with van der Waals surface area (Å²) in [5.41, 5.74) is 3.57. The summed E-state index contributed by atoms with van der Waals surface area (Å²) in [6.07, 6.45) is 2.15. The minimum atomic E-state index is 0.466. The summed E-state index contributed by atoms with van der Waals surface area (Å²) in [4.78, 5) is 7.03. The van der Waals surface area contributed by atoms with Gasteiger partial charge >= 0.3 is 0 Å². The van der Waals surface area contributed by atoms with Crippen molar-refractivity contribution in [3.05, 3.63) is 52.9 Å². The van der Waals surface area contributed by atoms with Crippen molar-refractivity contribution in [3.8, 4) is 0 Å². The summed E-state index contributed by atoms with van der Waals surface area (Å²) in [6.45, 7) is 12.6. The van der Waals surface area contributed by atoms with Gasteiger partial charge in [0.1, 0.15) is 0 Å². The van der Waals surface area contributed by atoms with Crippen LogP contribution >= 0.6 is 0 Å². The van der Waals surface area contributed by atoms with Gasteiger partial charge in [0.2, 0.25) is 0 Å². The van der Waals surface area contributed by atoms with E-state index in [1.807, 2.05) is 0 Å². The number of aromatic nitrogens is 1. The van der Waals surface area contributed by atoms with Crippen molar-refractivity contribution < 1.29 is 4.52 Å². The zero-order chi connectivity index (χ0) is 21.1. The summed E-state index contributed by atoms with van der Waals surface area (Å²) in [6, 6.07) is 10.7.